The Balaban J connectivity index is 2.32. The minimum Gasteiger partial charge on any atom is -0.466 e. The molecule has 1 aliphatic carbocycles. The molecule has 0 spiro atoms. The van der Waals surface area contributed by atoms with E-state index in [1.165, 1.54) is 6.92 Å². The SMILES string of the molecule is CC(=O)OCC1C(CCC=O)C1(C)C. The van der Waals surface area contributed by atoms with Gasteiger partial charge in [-0.2, -0.15) is 0 Å². The summed E-state index contributed by atoms with van der Waals surface area (Å²) in [5.41, 5.74) is 0.235. The first-order chi connectivity index (χ1) is 6.50. The fraction of sp³-hybridized carbons (Fsp3) is 0.818. The van der Waals surface area contributed by atoms with Gasteiger partial charge >= 0.3 is 5.97 Å². The Morgan fingerprint density at radius 3 is 2.57 bits per heavy atom. The van der Waals surface area contributed by atoms with Crippen LogP contribution in [-0.4, -0.2) is 18.9 Å². The molecule has 0 aromatic carbocycles. The van der Waals surface area contributed by atoms with Gasteiger partial charge in [-0.25, -0.2) is 0 Å². The normalized spacial score (nSPS) is 28.2. The maximum atomic E-state index is 10.6. The Morgan fingerprint density at radius 2 is 2.07 bits per heavy atom. The topological polar surface area (TPSA) is 43.4 Å². The van der Waals surface area contributed by atoms with Crippen LogP contribution < -0.4 is 0 Å². The van der Waals surface area contributed by atoms with E-state index in [1.54, 1.807) is 0 Å². The molecule has 3 nitrogen and oxygen atoms in total. The van der Waals surface area contributed by atoms with Crippen LogP contribution in [0.4, 0.5) is 0 Å². The van der Waals surface area contributed by atoms with Crippen molar-refractivity contribution in [2.75, 3.05) is 6.61 Å². The van der Waals surface area contributed by atoms with Gasteiger partial charge in [-0.15, -0.1) is 0 Å². The minimum absolute atomic E-state index is 0.221. The Bertz CT molecular complexity index is 233. The molecule has 80 valence electrons. The lowest BCUT2D eigenvalue weighted by atomic mass is 10.1. The smallest absolute Gasteiger partial charge is 0.302 e. The summed E-state index contributed by atoms with van der Waals surface area (Å²) >= 11 is 0. The van der Waals surface area contributed by atoms with E-state index < -0.39 is 0 Å². The lowest BCUT2D eigenvalue weighted by Crippen LogP contribution is -2.05. The van der Waals surface area contributed by atoms with Gasteiger partial charge in [-0.1, -0.05) is 13.8 Å². The van der Waals surface area contributed by atoms with E-state index >= 15 is 0 Å². The van der Waals surface area contributed by atoms with Gasteiger partial charge in [0, 0.05) is 19.3 Å². The van der Waals surface area contributed by atoms with Crippen molar-refractivity contribution in [2.24, 2.45) is 17.3 Å². The average molecular weight is 198 g/mol. The molecule has 2 unspecified atom stereocenters. The Labute approximate surface area is 84.8 Å². The molecule has 1 saturated carbocycles. The molecule has 0 aliphatic heterocycles. The zero-order valence-electron chi connectivity index (χ0n) is 9.08. The van der Waals surface area contributed by atoms with Crippen LogP contribution in [-0.2, 0) is 14.3 Å². The summed E-state index contributed by atoms with van der Waals surface area (Å²) in [5.74, 6) is 0.750. The molecular weight excluding hydrogens is 180 g/mol. The average Bonchev–Trinajstić information content (AvgIpc) is 2.60. The monoisotopic (exact) mass is 198 g/mol. The third kappa shape index (κ3) is 2.34. The maximum absolute atomic E-state index is 10.6. The van der Waals surface area contributed by atoms with Crippen LogP contribution in [0.25, 0.3) is 0 Å². The Kier molecular flexibility index (Phi) is 3.29. The van der Waals surface area contributed by atoms with Gasteiger partial charge in [0.05, 0.1) is 6.61 Å². The van der Waals surface area contributed by atoms with Crippen molar-refractivity contribution in [2.45, 2.75) is 33.6 Å². The maximum Gasteiger partial charge on any atom is 0.302 e. The van der Waals surface area contributed by atoms with E-state index in [9.17, 15) is 9.59 Å². The molecule has 1 rings (SSSR count). The van der Waals surface area contributed by atoms with Crippen molar-refractivity contribution >= 4 is 12.3 Å². The number of ether oxygens (including phenoxy) is 1. The largest absolute Gasteiger partial charge is 0.466 e. The van der Waals surface area contributed by atoms with Crippen molar-refractivity contribution in [3.8, 4) is 0 Å². The summed E-state index contributed by atoms with van der Waals surface area (Å²) in [6, 6.07) is 0. The van der Waals surface area contributed by atoms with Gasteiger partial charge in [-0.3, -0.25) is 4.79 Å². The first-order valence-electron chi connectivity index (χ1n) is 5.07. The molecule has 0 heterocycles. The van der Waals surface area contributed by atoms with Crippen molar-refractivity contribution in [3.05, 3.63) is 0 Å². The second-order valence-corrected chi connectivity index (χ2v) is 4.58. The molecule has 0 amide bonds. The lowest BCUT2D eigenvalue weighted by molar-refractivity contribution is -0.141. The molecular formula is C11H18O3. The first kappa shape index (κ1) is 11.2. The van der Waals surface area contributed by atoms with Crippen molar-refractivity contribution < 1.29 is 14.3 Å². The molecule has 14 heavy (non-hydrogen) atoms. The third-order valence-corrected chi connectivity index (χ3v) is 3.35. The van der Waals surface area contributed by atoms with Crippen LogP contribution in [0.15, 0.2) is 0 Å². The number of carbonyl (C=O) groups excluding carboxylic acids is 2. The van der Waals surface area contributed by atoms with E-state index in [1.807, 2.05) is 0 Å². The predicted octanol–water partition coefficient (Wildman–Crippen LogP) is 1.80. The van der Waals surface area contributed by atoms with Gasteiger partial charge in [0.25, 0.3) is 0 Å². The van der Waals surface area contributed by atoms with Crippen LogP contribution in [0.2, 0.25) is 0 Å². The summed E-state index contributed by atoms with van der Waals surface area (Å²) in [4.78, 5) is 20.9. The molecule has 1 aliphatic rings. The van der Waals surface area contributed by atoms with E-state index in [0.29, 0.717) is 24.9 Å². The summed E-state index contributed by atoms with van der Waals surface area (Å²) in [7, 11) is 0. The number of hydrogen-bond donors (Lipinski definition) is 0. The van der Waals surface area contributed by atoms with Crippen molar-refractivity contribution in [3.63, 3.8) is 0 Å². The van der Waals surface area contributed by atoms with Crippen LogP contribution in [0, 0.1) is 17.3 Å². The second kappa shape index (κ2) is 4.11. The predicted molar refractivity (Wildman–Crippen MR) is 52.7 cm³/mol. The highest BCUT2D eigenvalue weighted by molar-refractivity contribution is 5.65. The molecule has 2 atom stereocenters. The first-order valence-corrected chi connectivity index (χ1v) is 5.07. The zero-order chi connectivity index (χ0) is 10.8. The lowest BCUT2D eigenvalue weighted by Gasteiger charge is -2.02. The fourth-order valence-corrected chi connectivity index (χ4v) is 2.22. The van der Waals surface area contributed by atoms with Gasteiger partial charge < -0.3 is 9.53 Å². The van der Waals surface area contributed by atoms with Crippen LogP contribution in [0.3, 0.4) is 0 Å². The molecule has 1 fully saturated rings. The number of hydrogen-bond acceptors (Lipinski definition) is 3. The van der Waals surface area contributed by atoms with Crippen molar-refractivity contribution in [1.82, 2.24) is 0 Å². The molecule has 0 aromatic heterocycles. The number of rotatable bonds is 5. The van der Waals surface area contributed by atoms with Gasteiger partial charge in [0.15, 0.2) is 0 Å². The Hall–Kier alpha value is -0.860. The molecule has 0 bridgehead atoms. The number of aldehydes is 1. The summed E-state index contributed by atoms with van der Waals surface area (Å²) in [6.45, 7) is 6.26. The summed E-state index contributed by atoms with van der Waals surface area (Å²) < 4.78 is 4.98. The summed E-state index contributed by atoms with van der Waals surface area (Å²) in [5, 5.41) is 0. The van der Waals surface area contributed by atoms with E-state index in [0.717, 1.165) is 12.7 Å². The molecule has 0 radical (unpaired) electrons. The summed E-state index contributed by atoms with van der Waals surface area (Å²) in [6.07, 6.45) is 2.49. The third-order valence-electron chi connectivity index (χ3n) is 3.35. The number of carbonyl (C=O) groups is 2. The minimum atomic E-state index is -0.221. The van der Waals surface area contributed by atoms with Crippen LogP contribution in [0.5, 0.6) is 0 Å². The fourth-order valence-electron chi connectivity index (χ4n) is 2.22. The molecule has 0 N–H and O–H groups in total. The van der Waals surface area contributed by atoms with Crippen LogP contribution in [0.1, 0.15) is 33.6 Å². The van der Waals surface area contributed by atoms with E-state index in [2.05, 4.69) is 13.8 Å². The highest BCUT2D eigenvalue weighted by Gasteiger charge is 2.57. The highest BCUT2D eigenvalue weighted by atomic mass is 16.5. The van der Waals surface area contributed by atoms with Gasteiger partial charge in [0.2, 0.25) is 0 Å². The highest BCUT2D eigenvalue weighted by Crippen LogP contribution is 2.60. The molecule has 0 saturated heterocycles. The zero-order valence-corrected chi connectivity index (χ0v) is 9.08. The molecule has 3 heteroatoms. The van der Waals surface area contributed by atoms with Gasteiger partial charge in [-0.05, 0) is 17.8 Å². The van der Waals surface area contributed by atoms with Gasteiger partial charge in [0.1, 0.15) is 6.29 Å². The quantitative estimate of drug-likeness (QED) is 0.499. The van der Waals surface area contributed by atoms with Crippen molar-refractivity contribution in [1.29, 1.82) is 0 Å². The second-order valence-electron chi connectivity index (χ2n) is 4.58. The van der Waals surface area contributed by atoms with Crippen LogP contribution >= 0.6 is 0 Å². The molecule has 0 aromatic rings. The number of esters is 1. The van der Waals surface area contributed by atoms with E-state index in [-0.39, 0.29) is 11.4 Å². The Morgan fingerprint density at radius 1 is 1.43 bits per heavy atom. The standard InChI is InChI=1S/C11H18O3/c1-8(13)14-7-10-9(5-4-6-12)11(10,2)3/h6,9-10H,4-5,7H2,1-3H3. The van der Waals surface area contributed by atoms with E-state index in [4.69, 9.17) is 4.74 Å².